The quantitative estimate of drug-likeness (QED) is 0.564. The summed E-state index contributed by atoms with van der Waals surface area (Å²) in [7, 11) is -3.98. The van der Waals surface area contributed by atoms with E-state index >= 15 is 0 Å². The monoisotopic (exact) mass is 476 g/mol. The second kappa shape index (κ2) is 8.43. The highest BCUT2D eigenvalue weighted by Gasteiger charge is 2.36. The lowest BCUT2D eigenvalue weighted by atomic mass is 10.1. The van der Waals surface area contributed by atoms with Gasteiger partial charge in [-0.25, -0.2) is 8.42 Å². The van der Waals surface area contributed by atoms with Crippen LogP contribution in [0.1, 0.15) is 22.8 Å². The molecule has 1 aliphatic heterocycles. The summed E-state index contributed by atoms with van der Waals surface area (Å²) >= 11 is 0. The molecule has 1 aliphatic rings. The van der Waals surface area contributed by atoms with Crippen molar-refractivity contribution in [2.75, 3.05) is 9.62 Å². The molecular formula is C23H19F3N2O4S. The number of para-hydroxylation sites is 3. The van der Waals surface area contributed by atoms with Gasteiger partial charge in [0.1, 0.15) is 0 Å². The molecule has 1 heterocycles. The van der Waals surface area contributed by atoms with Crippen LogP contribution >= 0.6 is 0 Å². The van der Waals surface area contributed by atoms with Gasteiger partial charge in [-0.1, -0.05) is 36.4 Å². The Bertz CT molecular complexity index is 1310. The number of rotatable bonds is 5. The zero-order valence-electron chi connectivity index (χ0n) is 17.3. The number of fused-ring (bicyclic) bond motifs is 1. The van der Waals surface area contributed by atoms with Crippen molar-refractivity contribution in [2.45, 2.75) is 30.6 Å². The molecule has 0 saturated heterocycles. The molecule has 3 aromatic rings. The molecule has 33 heavy (non-hydrogen) atoms. The van der Waals surface area contributed by atoms with Gasteiger partial charge in [0.05, 0.1) is 16.3 Å². The Labute approximate surface area is 188 Å². The Morgan fingerprint density at radius 2 is 1.73 bits per heavy atom. The minimum Gasteiger partial charge on any atom is -0.404 e. The van der Waals surface area contributed by atoms with Crippen LogP contribution < -0.4 is 14.4 Å². The van der Waals surface area contributed by atoms with Crippen molar-refractivity contribution in [2.24, 2.45) is 0 Å². The average molecular weight is 476 g/mol. The molecule has 0 aliphatic carbocycles. The SMILES string of the molecule is C[C@@H]1Cc2ccccc2N1S(=O)(=O)c1cccc(C(=O)Nc2ccccc2OC(F)(F)F)c1. The molecule has 0 bridgehead atoms. The molecule has 1 atom stereocenters. The first-order valence-corrected chi connectivity index (χ1v) is 11.4. The molecular weight excluding hydrogens is 457 g/mol. The van der Waals surface area contributed by atoms with Crippen molar-refractivity contribution in [1.82, 2.24) is 0 Å². The Kier molecular flexibility index (Phi) is 5.79. The summed E-state index contributed by atoms with van der Waals surface area (Å²) in [6, 6.07) is 17.3. The van der Waals surface area contributed by atoms with Crippen molar-refractivity contribution in [3.8, 4) is 5.75 Å². The minimum absolute atomic E-state index is 0.0296. The summed E-state index contributed by atoms with van der Waals surface area (Å²) in [5.41, 5.74) is 1.26. The standard InChI is InChI=1S/C23H19F3N2O4S/c1-15-13-16-7-2-4-11-20(16)28(15)33(30,31)18-9-6-8-17(14-18)22(29)27-19-10-3-5-12-21(19)32-23(24,25)26/h2-12,14-15H,13H2,1H3,(H,27,29)/t15-/m1/s1. The third-order valence-corrected chi connectivity index (χ3v) is 7.08. The van der Waals surface area contributed by atoms with Crippen LogP contribution in [0, 0.1) is 0 Å². The van der Waals surface area contributed by atoms with Gasteiger partial charge in [0.2, 0.25) is 0 Å². The largest absolute Gasteiger partial charge is 0.573 e. The van der Waals surface area contributed by atoms with Gasteiger partial charge in [0, 0.05) is 11.6 Å². The molecule has 172 valence electrons. The number of halogens is 3. The van der Waals surface area contributed by atoms with E-state index in [1.807, 2.05) is 12.1 Å². The maximum atomic E-state index is 13.4. The van der Waals surface area contributed by atoms with Crippen LogP contribution in [-0.4, -0.2) is 26.7 Å². The Balaban J connectivity index is 1.62. The van der Waals surface area contributed by atoms with Crippen LogP contribution in [0.4, 0.5) is 24.5 Å². The highest BCUT2D eigenvalue weighted by Crippen LogP contribution is 2.37. The second-order valence-electron chi connectivity index (χ2n) is 7.51. The molecule has 6 nitrogen and oxygen atoms in total. The molecule has 3 aromatic carbocycles. The number of hydrogen-bond donors (Lipinski definition) is 1. The van der Waals surface area contributed by atoms with Crippen LogP contribution in [0.5, 0.6) is 5.75 Å². The summed E-state index contributed by atoms with van der Waals surface area (Å²) in [6.07, 6.45) is -4.37. The summed E-state index contributed by atoms with van der Waals surface area (Å²) in [6.45, 7) is 1.80. The van der Waals surface area contributed by atoms with Gasteiger partial charge in [-0.3, -0.25) is 9.10 Å². The predicted molar refractivity (Wildman–Crippen MR) is 117 cm³/mol. The number of sulfonamides is 1. The van der Waals surface area contributed by atoms with Crippen LogP contribution in [0.15, 0.2) is 77.7 Å². The summed E-state index contributed by atoms with van der Waals surface area (Å²) < 4.78 is 70.0. The number of carbonyl (C=O) groups is 1. The second-order valence-corrected chi connectivity index (χ2v) is 9.32. The number of nitrogens with one attached hydrogen (secondary N) is 1. The van der Waals surface area contributed by atoms with Crippen LogP contribution in [-0.2, 0) is 16.4 Å². The van der Waals surface area contributed by atoms with Gasteiger partial charge in [0.15, 0.2) is 5.75 Å². The first kappa shape index (κ1) is 22.7. The lowest BCUT2D eigenvalue weighted by molar-refractivity contribution is -0.274. The first-order chi connectivity index (χ1) is 15.6. The summed E-state index contributed by atoms with van der Waals surface area (Å²) in [5.74, 6) is -1.36. The smallest absolute Gasteiger partial charge is 0.404 e. The lowest BCUT2D eigenvalue weighted by Gasteiger charge is -2.24. The van der Waals surface area contributed by atoms with Gasteiger partial charge < -0.3 is 10.1 Å². The van der Waals surface area contributed by atoms with E-state index in [9.17, 15) is 26.4 Å². The van der Waals surface area contributed by atoms with E-state index < -0.39 is 28.0 Å². The van der Waals surface area contributed by atoms with Crippen LogP contribution in [0.2, 0.25) is 0 Å². The van der Waals surface area contributed by atoms with Crippen molar-refractivity contribution >= 4 is 27.3 Å². The van der Waals surface area contributed by atoms with E-state index in [0.29, 0.717) is 12.1 Å². The maximum Gasteiger partial charge on any atom is 0.573 e. The van der Waals surface area contributed by atoms with E-state index in [1.165, 1.54) is 46.8 Å². The maximum absolute atomic E-state index is 13.4. The number of alkyl halides is 3. The molecule has 10 heteroatoms. The number of carbonyl (C=O) groups excluding carboxylic acids is 1. The van der Waals surface area contributed by atoms with Crippen LogP contribution in [0.3, 0.4) is 0 Å². The third kappa shape index (κ3) is 4.65. The Hall–Kier alpha value is -3.53. The van der Waals surface area contributed by atoms with E-state index in [0.717, 1.165) is 11.6 Å². The average Bonchev–Trinajstić information content (AvgIpc) is 3.10. The van der Waals surface area contributed by atoms with E-state index in [2.05, 4.69) is 10.1 Å². The van der Waals surface area contributed by atoms with Crippen molar-refractivity contribution in [3.05, 3.63) is 83.9 Å². The first-order valence-electron chi connectivity index (χ1n) is 9.95. The molecule has 1 N–H and O–H groups in total. The summed E-state index contributed by atoms with van der Waals surface area (Å²) in [5, 5.41) is 2.35. The van der Waals surface area contributed by atoms with Gasteiger partial charge in [-0.2, -0.15) is 0 Å². The minimum atomic E-state index is -4.93. The number of nitrogens with zero attached hydrogens (tertiary/aromatic N) is 1. The van der Waals surface area contributed by atoms with E-state index in [1.54, 1.807) is 19.1 Å². The highest BCUT2D eigenvalue weighted by atomic mass is 32.2. The summed E-state index contributed by atoms with van der Waals surface area (Å²) in [4.78, 5) is 12.6. The molecule has 0 unspecified atom stereocenters. The fourth-order valence-electron chi connectivity index (χ4n) is 3.79. The number of ether oxygens (including phenoxy) is 1. The Morgan fingerprint density at radius 1 is 1.03 bits per heavy atom. The predicted octanol–water partition coefficient (Wildman–Crippen LogP) is 4.98. The normalized spacial score (nSPS) is 15.8. The molecule has 1 amide bonds. The van der Waals surface area contributed by atoms with E-state index in [-0.39, 0.29) is 22.2 Å². The lowest BCUT2D eigenvalue weighted by Crippen LogP contribution is -2.35. The van der Waals surface area contributed by atoms with Gasteiger partial charge in [-0.05, 0) is 55.3 Å². The number of hydrogen-bond acceptors (Lipinski definition) is 4. The van der Waals surface area contributed by atoms with Gasteiger partial charge in [0.25, 0.3) is 15.9 Å². The zero-order chi connectivity index (χ0) is 23.8. The zero-order valence-corrected chi connectivity index (χ0v) is 18.2. The van der Waals surface area contributed by atoms with Gasteiger partial charge >= 0.3 is 6.36 Å². The third-order valence-electron chi connectivity index (χ3n) is 5.16. The molecule has 4 rings (SSSR count). The number of amides is 1. The van der Waals surface area contributed by atoms with Crippen LogP contribution in [0.25, 0.3) is 0 Å². The highest BCUT2D eigenvalue weighted by molar-refractivity contribution is 7.92. The molecule has 0 saturated carbocycles. The topological polar surface area (TPSA) is 75.7 Å². The molecule has 0 spiro atoms. The number of anilines is 2. The van der Waals surface area contributed by atoms with Crippen molar-refractivity contribution in [1.29, 1.82) is 0 Å². The number of benzene rings is 3. The van der Waals surface area contributed by atoms with Gasteiger partial charge in [-0.15, -0.1) is 13.2 Å². The fraction of sp³-hybridized carbons (Fsp3) is 0.174. The van der Waals surface area contributed by atoms with Crippen molar-refractivity contribution < 1.29 is 31.1 Å². The molecule has 0 radical (unpaired) electrons. The van der Waals surface area contributed by atoms with Crippen molar-refractivity contribution in [3.63, 3.8) is 0 Å². The van der Waals surface area contributed by atoms with E-state index in [4.69, 9.17) is 0 Å². The molecule has 0 fully saturated rings. The fourth-order valence-corrected chi connectivity index (χ4v) is 5.53. The Morgan fingerprint density at radius 3 is 2.48 bits per heavy atom. The molecule has 0 aromatic heterocycles.